The van der Waals surface area contributed by atoms with Crippen molar-refractivity contribution in [2.24, 2.45) is 0 Å². The first-order valence-electron chi connectivity index (χ1n) is 6.80. The molecule has 1 aliphatic heterocycles. The Balaban J connectivity index is 2.36. The van der Waals surface area contributed by atoms with Crippen LogP contribution in [0.25, 0.3) is 10.9 Å². The molecule has 0 amide bonds. The predicted octanol–water partition coefficient (Wildman–Crippen LogP) is 1.51. The zero-order valence-electron chi connectivity index (χ0n) is 11.8. The highest BCUT2D eigenvalue weighted by atomic mass is 16.6. The molecule has 0 atom stereocenters. The Hall–Kier alpha value is -2.90. The Bertz CT molecular complexity index is 856. The van der Waals surface area contributed by atoms with E-state index in [1.165, 1.54) is 18.2 Å². The lowest BCUT2D eigenvalue weighted by molar-refractivity contribution is -0.384. The number of fused-ring (bicyclic) bond motifs is 3. The van der Waals surface area contributed by atoms with Gasteiger partial charge in [-0.3, -0.25) is 14.9 Å². The minimum absolute atomic E-state index is 0.104. The molecule has 8 heteroatoms. The van der Waals surface area contributed by atoms with E-state index in [1.54, 1.807) is 11.5 Å². The number of carbonyl (C=O) groups is 1. The molecule has 1 aromatic carbocycles. The predicted molar refractivity (Wildman–Crippen MR) is 79.3 cm³/mol. The number of esters is 1. The first-order valence-corrected chi connectivity index (χ1v) is 6.80. The van der Waals surface area contributed by atoms with Crippen molar-refractivity contribution in [3.8, 4) is 0 Å². The molecule has 1 aliphatic rings. The van der Waals surface area contributed by atoms with Crippen molar-refractivity contribution in [3.63, 3.8) is 0 Å². The van der Waals surface area contributed by atoms with Gasteiger partial charge < -0.3 is 14.6 Å². The lowest BCUT2D eigenvalue weighted by atomic mass is 10.1. The first kappa shape index (κ1) is 14.1. The molecule has 2 aromatic rings. The number of non-ortho nitro benzene ring substituents is 1. The molecule has 0 fully saturated rings. The number of carbonyl (C=O) groups excluding carboxylic acids is 1. The number of benzene rings is 1. The van der Waals surface area contributed by atoms with E-state index in [1.807, 2.05) is 0 Å². The van der Waals surface area contributed by atoms with E-state index in [4.69, 9.17) is 4.74 Å². The standard InChI is InChI=1S/C14H13N3O5/c1-2-22-14(19)11-12(18)9-7-8(17(20)21)3-4-10(9)16-6-5-15-13(11)16/h3-4,7,15H,2,5-6H2,1H3. The van der Waals surface area contributed by atoms with Crippen LogP contribution in [0.1, 0.15) is 17.3 Å². The number of aromatic nitrogens is 1. The maximum atomic E-state index is 12.6. The number of hydrogen-bond acceptors (Lipinski definition) is 6. The number of nitrogens with one attached hydrogen (secondary N) is 1. The van der Waals surface area contributed by atoms with Gasteiger partial charge in [0.15, 0.2) is 0 Å². The minimum Gasteiger partial charge on any atom is -0.462 e. The van der Waals surface area contributed by atoms with Crippen molar-refractivity contribution in [2.45, 2.75) is 13.5 Å². The smallest absolute Gasteiger partial charge is 0.345 e. The van der Waals surface area contributed by atoms with Crippen molar-refractivity contribution in [3.05, 3.63) is 44.1 Å². The number of rotatable bonds is 3. The Morgan fingerprint density at radius 1 is 1.50 bits per heavy atom. The molecule has 0 bridgehead atoms. The summed E-state index contributed by atoms with van der Waals surface area (Å²) in [5, 5.41) is 14.1. The van der Waals surface area contributed by atoms with Crippen molar-refractivity contribution >= 4 is 28.4 Å². The van der Waals surface area contributed by atoms with Crippen LogP contribution < -0.4 is 10.7 Å². The fraction of sp³-hybridized carbons (Fsp3) is 0.286. The van der Waals surface area contributed by atoms with Crippen molar-refractivity contribution in [2.75, 3.05) is 18.5 Å². The molecular formula is C14H13N3O5. The molecule has 0 saturated heterocycles. The number of pyridine rings is 1. The average Bonchev–Trinajstić information content (AvgIpc) is 2.96. The Morgan fingerprint density at radius 3 is 2.95 bits per heavy atom. The summed E-state index contributed by atoms with van der Waals surface area (Å²) < 4.78 is 6.71. The van der Waals surface area contributed by atoms with E-state index in [-0.39, 0.29) is 23.2 Å². The topological polar surface area (TPSA) is 103 Å². The van der Waals surface area contributed by atoms with Gasteiger partial charge in [0.05, 0.1) is 22.4 Å². The van der Waals surface area contributed by atoms with Gasteiger partial charge in [-0.2, -0.15) is 0 Å². The van der Waals surface area contributed by atoms with E-state index in [2.05, 4.69) is 5.32 Å². The van der Waals surface area contributed by atoms with E-state index in [0.717, 1.165) is 0 Å². The molecule has 2 heterocycles. The first-order chi connectivity index (χ1) is 10.5. The molecule has 0 spiro atoms. The summed E-state index contributed by atoms with van der Waals surface area (Å²) in [4.78, 5) is 35.0. The van der Waals surface area contributed by atoms with Crippen LogP contribution in [0.2, 0.25) is 0 Å². The van der Waals surface area contributed by atoms with Crippen LogP contribution >= 0.6 is 0 Å². The van der Waals surface area contributed by atoms with Crippen molar-refractivity contribution < 1.29 is 14.5 Å². The molecule has 0 unspecified atom stereocenters. The van der Waals surface area contributed by atoms with Crippen LogP contribution in [0.5, 0.6) is 0 Å². The van der Waals surface area contributed by atoms with Crippen LogP contribution in [-0.2, 0) is 11.3 Å². The average molecular weight is 303 g/mol. The van der Waals surface area contributed by atoms with Gasteiger partial charge in [0.2, 0.25) is 5.43 Å². The Kier molecular flexibility index (Phi) is 3.28. The third-order valence-electron chi connectivity index (χ3n) is 3.57. The zero-order valence-corrected chi connectivity index (χ0v) is 11.8. The third kappa shape index (κ3) is 2.00. The Labute approximate surface area is 124 Å². The second-order valence-electron chi connectivity index (χ2n) is 4.81. The summed E-state index contributed by atoms with van der Waals surface area (Å²) in [5.41, 5.74) is -0.292. The number of nitro benzene ring substituents is 1. The molecule has 1 N–H and O–H groups in total. The molecule has 114 valence electrons. The molecule has 22 heavy (non-hydrogen) atoms. The Morgan fingerprint density at radius 2 is 2.27 bits per heavy atom. The summed E-state index contributed by atoms with van der Waals surface area (Å²) in [5.74, 6) is -0.316. The summed E-state index contributed by atoms with van der Waals surface area (Å²) >= 11 is 0. The van der Waals surface area contributed by atoms with Gasteiger partial charge in [-0.25, -0.2) is 4.79 Å². The van der Waals surface area contributed by atoms with Gasteiger partial charge in [0.25, 0.3) is 5.69 Å². The van der Waals surface area contributed by atoms with E-state index in [9.17, 15) is 19.7 Å². The quantitative estimate of drug-likeness (QED) is 0.523. The molecular weight excluding hydrogens is 290 g/mol. The lowest BCUT2D eigenvalue weighted by Crippen LogP contribution is -2.22. The van der Waals surface area contributed by atoms with Crippen LogP contribution in [-0.4, -0.2) is 28.6 Å². The number of anilines is 1. The third-order valence-corrected chi connectivity index (χ3v) is 3.57. The SMILES string of the molecule is CCOC(=O)c1c2n(c3ccc([N+](=O)[O-])cc3c1=O)CCN2. The zero-order chi connectivity index (χ0) is 15.9. The fourth-order valence-electron chi connectivity index (χ4n) is 2.65. The number of nitro groups is 1. The van der Waals surface area contributed by atoms with Crippen LogP contribution in [0, 0.1) is 10.1 Å². The second kappa shape index (κ2) is 5.14. The maximum absolute atomic E-state index is 12.6. The fourth-order valence-corrected chi connectivity index (χ4v) is 2.65. The number of nitrogens with zero attached hydrogens (tertiary/aromatic N) is 2. The van der Waals surface area contributed by atoms with Gasteiger partial charge >= 0.3 is 5.97 Å². The van der Waals surface area contributed by atoms with Gasteiger partial charge in [-0.1, -0.05) is 0 Å². The summed E-state index contributed by atoms with van der Waals surface area (Å²) in [6, 6.07) is 4.07. The molecule has 3 rings (SSSR count). The molecule has 0 radical (unpaired) electrons. The normalized spacial score (nSPS) is 12.8. The lowest BCUT2D eigenvalue weighted by Gasteiger charge is -2.12. The van der Waals surface area contributed by atoms with Crippen LogP contribution in [0.3, 0.4) is 0 Å². The van der Waals surface area contributed by atoms with E-state index < -0.39 is 16.3 Å². The summed E-state index contributed by atoms with van der Waals surface area (Å²) in [6.45, 7) is 2.93. The largest absolute Gasteiger partial charge is 0.462 e. The van der Waals surface area contributed by atoms with Crippen molar-refractivity contribution in [1.82, 2.24) is 4.57 Å². The monoisotopic (exact) mass is 303 g/mol. The minimum atomic E-state index is -0.723. The van der Waals surface area contributed by atoms with Crippen LogP contribution in [0.15, 0.2) is 23.0 Å². The molecule has 0 aliphatic carbocycles. The van der Waals surface area contributed by atoms with Gasteiger partial charge in [0.1, 0.15) is 11.4 Å². The van der Waals surface area contributed by atoms with Gasteiger partial charge in [-0.05, 0) is 13.0 Å². The number of hydrogen-bond donors (Lipinski definition) is 1. The summed E-state index contributed by atoms with van der Waals surface area (Å²) in [7, 11) is 0. The van der Waals surface area contributed by atoms with E-state index >= 15 is 0 Å². The molecule has 8 nitrogen and oxygen atoms in total. The van der Waals surface area contributed by atoms with Crippen molar-refractivity contribution in [1.29, 1.82) is 0 Å². The number of ether oxygens (including phenoxy) is 1. The second-order valence-corrected chi connectivity index (χ2v) is 4.81. The van der Waals surface area contributed by atoms with E-state index in [0.29, 0.717) is 24.4 Å². The highest BCUT2D eigenvalue weighted by Gasteiger charge is 2.26. The maximum Gasteiger partial charge on any atom is 0.345 e. The van der Waals surface area contributed by atoms with Gasteiger partial charge in [0, 0.05) is 25.2 Å². The molecule has 0 saturated carbocycles. The summed E-state index contributed by atoms with van der Waals surface area (Å²) in [6.07, 6.45) is 0. The van der Waals surface area contributed by atoms with Crippen LogP contribution in [0.4, 0.5) is 11.5 Å². The van der Waals surface area contributed by atoms with Gasteiger partial charge in [-0.15, -0.1) is 0 Å². The highest BCUT2D eigenvalue weighted by molar-refractivity contribution is 6.00. The molecule has 1 aromatic heterocycles. The highest BCUT2D eigenvalue weighted by Crippen LogP contribution is 2.27.